The number of imide groups is 1. The zero-order valence-electron chi connectivity index (χ0n) is 13.6. The summed E-state index contributed by atoms with van der Waals surface area (Å²) in [6.07, 6.45) is -4.91. The Morgan fingerprint density at radius 2 is 1.63 bits per heavy atom. The van der Waals surface area contributed by atoms with Crippen molar-refractivity contribution >= 4 is 35.0 Å². The van der Waals surface area contributed by atoms with Crippen molar-refractivity contribution in [3.8, 4) is 0 Å². The first-order chi connectivity index (χ1) is 12.7. The van der Waals surface area contributed by atoms with Gasteiger partial charge in [0.25, 0.3) is 11.8 Å². The number of nitrogens with one attached hydrogen (secondary N) is 1. The van der Waals surface area contributed by atoms with Crippen LogP contribution >= 0.6 is 11.6 Å². The Hall–Kier alpha value is -2.87. The van der Waals surface area contributed by atoms with Crippen LogP contribution in [-0.4, -0.2) is 29.2 Å². The Bertz CT molecular complexity index is 909. The molecule has 2 aromatic carbocycles. The van der Waals surface area contributed by atoms with E-state index in [4.69, 9.17) is 11.6 Å². The van der Waals surface area contributed by atoms with Crippen LogP contribution < -0.4 is 5.32 Å². The highest BCUT2D eigenvalue weighted by molar-refractivity contribution is 6.31. The molecule has 27 heavy (non-hydrogen) atoms. The lowest BCUT2D eigenvalue weighted by atomic mass is 10.1. The van der Waals surface area contributed by atoms with E-state index in [1.165, 1.54) is 18.2 Å². The minimum Gasteiger partial charge on any atom is -0.326 e. The van der Waals surface area contributed by atoms with E-state index in [0.29, 0.717) is 0 Å². The fraction of sp³-hybridized carbons (Fsp3) is 0.167. The van der Waals surface area contributed by atoms with Gasteiger partial charge in [-0.05, 0) is 30.3 Å². The molecule has 0 aliphatic carbocycles. The molecule has 0 bridgehead atoms. The number of anilines is 1. The van der Waals surface area contributed by atoms with Crippen LogP contribution in [0, 0.1) is 0 Å². The molecular weight excluding hydrogens is 385 g/mol. The van der Waals surface area contributed by atoms with Gasteiger partial charge in [-0.15, -0.1) is 0 Å². The normalized spacial score (nSPS) is 13.7. The maximum atomic E-state index is 12.9. The third kappa shape index (κ3) is 3.80. The molecule has 1 aliphatic heterocycles. The summed E-state index contributed by atoms with van der Waals surface area (Å²) in [7, 11) is 0. The van der Waals surface area contributed by atoms with Crippen molar-refractivity contribution < 1.29 is 27.6 Å². The number of nitrogens with zero attached hydrogens (tertiary/aromatic N) is 1. The van der Waals surface area contributed by atoms with Gasteiger partial charge in [-0.1, -0.05) is 23.7 Å². The molecule has 9 heteroatoms. The van der Waals surface area contributed by atoms with E-state index in [-0.39, 0.29) is 29.8 Å². The molecule has 0 unspecified atom stereocenters. The maximum Gasteiger partial charge on any atom is 0.417 e. The topological polar surface area (TPSA) is 66.5 Å². The summed E-state index contributed by atoms with van der Waals surface area (Å²) in [6.45, 7) is -0.183. The number of carbonyl (C=O) groups is 3. The molecule has 0 saturated heterocycles. The standard InChI is InChI=1S/C18H12ClF3N2O3/c19-14-6-5-10(9-13(14)18(20,21)22)23-15(25)7-8-24-16(26)11-3-1-2-4-12(11)17(24)27/h1-6,9H,7-8H2,(H,23,25). The van der Waals surface area contributed by atoms with Crippen LogP contribution in [0.3, 0.4) is 0 Å². The molecule has 3 rings (SSSR count). The second kappa shape index (κ2) is 7.03. The SMILES string of the molecule is O=C(CCN1C(=O)c2ccccc2C1=O)Nc1ccc(Cl)c(C(F)(F)F)c1. The molecule has 0 spiro atoms. The third-order valence-corrected chi connectivity index (χ3v) is 4.33. The molecule has 0 radical (unpaired) electrons. The highest BCUT2D eigenvalue weighted by Crippen LogP contribution is 2.36. The molecule has 140 valence electrons. The maximum absolute atomic E-state index is 12.9. The molecule has 2 aromatic rings. The smallest absolute Gasteiger partial charge is 0.326 e. The summed E-state index contributed by atoms with van der Waals surface area (Å²) in [5.41, 5.74) is -0.632. The first-order valence-electron chi connectivity index (χ1n) is 7.80. The van der Waals surface area contributed by atoms with Crippen LogP contribution in [0.5, 0.6) is 0 Å². The number of amides is 3. The van der Waals surface area contributed by atoms with E-state index in [2.05, 4.69) is 5.32 Å². The Morgan fingerprint density at radius 1 is 1.04 bits per heavy atom. The van der Waals surface area contributed by atoms with Crippen molar-refractivity contribution in [1.82, 2.24) is 4.90 Å². The lowest BCUT2D eigenvalue weighted by molar-refractivity contribution is -0.137. The Labute approximate surface area is 156 Å². The van der Waals surface area contributed by atoms with Gasteiger partial charge >= 0.3 is 6.18 Å². The Kier molecular flexibility index (Phi) is 4.93. The number of rotatable bonds is 4. The van der Waals surface area contributed by atoms with Crippen LogP contribution in [0.1, 0.15) is 32.7 Å². The predicted molar refractivity (Wildman–Crippen MR) is 91.5 cm³/mol. The van der Waals surface area contributed by atoms with Crippen molar-refractivity contribution in [1.29, 1.82) is 0 Å². The van der Waals surface area contributed by atoms with Crippen LogP contribution in [0.2, 0.25) is 5.02 Å². The van der Waals surface area contributed by atoms with Gasteiger partial charge in [-0.25, -0.2) is 0 Å². The summed E-state index contributed by atoms with van der Waals surface area (Å²) in [4.78, 5) is 37.4. The highest BCUT2D eigenvalue weighted by Gasteiger charge is 2.35. The molecule has 1 N–H and O–H groups in total. The van der Waals surface area contributed by atoms with Gasteiger partial charge in [-0.3, -0.25) is 19.3 Å². The summed E-state index contributed by atoms with van der Waals surface area (Å²) < 4.78 is 38.6. The first-order valence-corrected chi connectivity index (χ1v) is 8.18. The van der Waals surface area contributed by atoms with E-state index in [1.54, 1.807) is 12.1 Å². The number of benzene rings is 2. The zero-order valence-corrected chi connectivity index (χ0v) is 14.4. The monoisotopic (exact) mass is 396 g/mol. The average Bonchev–Trinajstić information content (AvgIpc) is 2.85. The highest BCUT2D eigenvalue weighted by atomic mass is 35.5. The van der Waals surface area contributed by atoms with E-state index < -0.39 is 34.5 Å². The van der Waals surface area contributed by atoms with Gasteiger partial charge < -0.3 is 5.32 Å². The fourth-order valence-electron chi connectivity index (χ4n) is 2.70. The zero-order chi connectivity index (χ0) is 19.8. The van der Waals surface area contributed by atoms with Crippen molar-refractivity contribution in [3.05, 3.63) is 64.2 Å². The van der Waals surface area contributed by atoms with E-state index in [9.17, 15) is 27.6 Å². The molecule has 1 heterocycles. The van der Waals surface area contributed by atoms with Crippen molar-refractivity contribution in [2.75, 3.05) is 11.9 Å². The summed E-state index contributed by atoms with van der Waals surface area (Å²) >= 11 is 5.53. The number of hydrogen-bond acceptors (Lipinski definition) is 3. The molecule has 5 nitrogen and oxygen atoms in total. The quantitative estimate of drug-likeness (QED) is 0.795. The summed E-state index contributed by atoms with van der Waals surface area (Å²) in [6, 6.07) is 9.27. The molecule has 1 aliphatic rings. The van der Waals surface area contributed by atoms with Gasteiger partial charge in [0.05, 0.1) is 21.7 Å². The van der Waals surface area contributed by atoms with Gasteiger partial charge in [0.1, 0.15) is 0 Å². The lowest BCUT2D eigenvalue weighted by Gasteiger charge is -2.14. The number of fused-ring (bicyclic) bond motifs is 1. The van der Waals surface area contributed by atoms with Crippen molar-refractivity contribution in [2.45, 2.75) is 12.6 Å². The Morgan fingerprint density at radius 3 is 2.19 bits per heavy atom. The molecule has 0 atom stereocenters. The Balaban J connectivity index is 1.65. The van der Waals surface area contributed by atoms with Crippen LogP contribution in [-0.2, 0) is 11.0 Å². The molecule has 3 amide bonds. The van der Waals surface area contributed by atoms with E-state index in [1.807, 2.05) is 0 Å². The van der Waals surface area contributed by atoms with Crippen LogP contribution in [0.25, 0.3) is 0 Å². The third-order valence-electron chi connectivity index (χ3n) is 4.00. The van der Waals surface area contributed by atoms with E-state index >= 15 is 0 Å². The minimum absolute atomic E-state index is 0.0842. The molecule has 0 saturated carbocycles. The van der Waals surface area contributed by atoms with E-state index in [0.717, 1.165) is 17.0 Å². The van der Waals surface area contributed by atoms with Gasteiger partial charge in [-0.2, -0.15) is 13.2 Å². The van der Waals surface area contributed by atoms with Crippen molar-refractivity contribution in [2.24, 2.45) is 0 Å². The minimum atomic E-state index is -4.65. The number of hydrogen-bond donors (Lipinski definition) is 1. The fourth-order valence-corrected chi connectivity index (χ4v) is 2.92. The predicted octanol–water partition coefficient (Wildman–Crippen LogP) is 3.98. The molecular formula is C18H12ClF3N2O3. The first kappa shape index (κ1) is 18.9. The summed E-state index contributed by atoms with van der Waals surface area (Å²) in [5, 5.41) is 1.83. The number of carbonyl (C=O) groups excluding carboxylic acids is 3. The average molecular weight is 397 g/mol. The second-order valence-corrected chi connectivity index (χ2v) is 6.21. The second-order valence-electron chi connectivity index (χ2n) is 5.80. The van der Waals surface area contributed by atoms with Crippen molar-refractivity contribution in [3.63, 3.8) is 0 Å². The lowest BCUT2D eigenvalue weighted by Crippen LogP contribution is -2.32. The molecule has 0 aromatic heterocycles. The molecule has 0 fully saturated rings. The van der Waals surface area contributed by atoms with Gasteiger partial charge in [0.2, 0.25) is 5.91 Å². The largest absolute Gasteiger partial charge is 0.417 e. The number of halogens is 4. The van der Waals surface area contributed by atoms with Crippen LogP contribution in [0.4, 0.5) is 18.9 Å². The van der Waals surface area contributed by atoms with Crippen LogP contribution in [0.15, 0.2) is 42.5 Å². The van der Waals surface area contributed by atoms with Gasteiger partial charge in [0.15, 0.2) is 0 Å². The summed E-state index contributed by atoms with van der Waals surface area (Å²) in [5.74, 6) is -1.65. The van der Waals surface area contributed by atoms with Gasteiger partial charge in [0, 0.05) is 18.7 Å². The number of alkyl halides is 3.